The highest BCUT2D eigenvalue weighted by Crippen LogP contribution is 2.25. The molecule has 0 aliphatic carbocycles. The summed E-state index contributed by atoms with van der Waals surface area (Å²) in [7, 11) is 0. The van der Waals surface area contributed by atoms with E-state index in [0.29, 0.717) is 10.0 Å². The first kappa shape index (κ1) is 16.8. The molecule has 2 rings (SSSR count). The average molecular weight is 401 g/mol. The molecule has 0 heterocycles. The molecule has 0 spiro atoms. The van der Waals surface area contributed by atoms with E-state index in [0.717, 1.165) is 15.7 Å². The van der Waals surface area contributed by atoms with Crippen molar-refractivity contribution in [2.45, 2.75) is 0 Å². The van der Waals surface area contributed by atoms with Gasteiger partial charge in [0.05, 0.1) is 12.8 Å². The van der Waals surface area contributed by atoms with Crippen LogP contribution in [0, 0.1) is 0 Å². The van der Waals surface area contributed by atoms with Gasteiger partial charge in [-0.1, -0.05) is 35.3 Å². The number of nitrogens with one attached hydrogen (secondary N) is 2. The van der Waals surface area contributed by atoms with Gasteiger partial charge in [0.25, 0.3) is 5.91 Å². The number of hydrazone groups is 1. The molecule has 22 heavy (non-hydrogen) atoms. The molecule has 2 aromatic rings. The zero-order valence-electron chi connectivity index (χ0n) is 11.3. The Labute approximate surface area is 146 Å². The van der Waals surface area contributed by atoms with Gasteiger partial charge in [-0.25, -0.2) is 5.43 Å². The summed E-state index contributed by atoms with van der Waals surface area (Å²) in [4.78, 5) is 11.7. The third-order valence-electron chi connectivity index (χ3n) is 2.64. The maximum Gasteiger partial charge on any atom is 0.259 e. The third kappa shape index (κ3) is 5.33. The molecule has 1 amide bonds. The number of amides is 1. The minimum absolute atomic E-state index is 0.0954. The molecule has 2 aromatic carbocycles. The first-order valence-corrected chi connectivity index (χ1v) is 7.86. The van der Waals surface area contributed by atoms with E-state index in [-0.39, 0.29) is 12.5 Å². The molecule has 0 aromatic heterocycles. The van der Waals surface area contributed by atoms with E-state index in [1.165, 1.54) is 0 Å². The number of carbonyl (C=O) groups excluding carboxylic acids is 1. The van der Waals surface area contributed by atoms with Crippen LogP contribution in [-0.2, 0) is 4.79 Å². The summed E-state index contributed by atoms with van der Waals surface area (Å²) in [5.74, 6) is -0.257. The van der Waals surface area contributed by atoms with Gasteiger partial charge in [-0.3, -0.25) is 4.79 Å². The number of nitrogens with zero attached hydrogens (tertiary/aromatic N) is 1. The molecular weight excluding hydrogens is 389 g/mol. The number of rotatable bonds is 5. The van der Waals surface area contributed by atoms with E-state index in [1.807, 2.05) is 0 Å². The van der Waals surface area contributed by atoms with Crippen LogP contribution in [0.15, 0.2) is 52.0 Å². The molecule has 0 unspecified atom stereocenters. The fourth-order valence-corrected chi connectivity index (χ4v) is 2.52. The highest BCUT2D eigenvalue weighted by Gasteiger charge is 2.03. The highest BCUT2D eigenvalue weighted by molar-refractivity contribution is 9.10. The van der Waals surface area contributed by atoms with Crippen molar-refractivity contribution >= 4 is 56.9 Å². The fourth-order valence-electron chi connectivity index (χ4n) is 1.58. The largest absolute Gasteiger partial charge is 0.375 e. The van der Waals surface area contributed by atoms with Crippen molar-refractivity contribution in [3.8, 4) is 0 Å². The molecule has 114 valence electrons. The predicted octanol–water partition coefficient (Wildman–Crippen LogP) is 4.32. The van der Waals surface area contributed by atoms with Crippen LogP contribution in [0.4, 0.5) is 5.69 Å². The van der Waals surface area contributed by atoms with E-state index in [9.17, 15) is 4.79 Å². The monoisotopic (exact) mass is 399 g/mol. The van der Waals surface area contributed by atoms with Crippen LogP contribution in [0.2, 0.25) is 10.0 Å². The number of anilines is 1. The lowest BCUT2D eigenvalue weighted by Gasteiger charge is -2.07. The summed E-state index contributed by atoms with van der Waals surface area (Å²) in [5, 5.41) is 8.14. The van der Waals surface area contributed by atoms with Crippen LogP contribution in [0.1, 0.15) is 5.56 Å². The van der Waals surface area contributed by atoms with Crippen molar-refractivity contribution in [2.24, 2.45) is 5.10 Å². The summed E-state index contributed by atoms with van der Waals surface area (Å²) in [5.41, 5.74) is 4.06. The van der Waals surface area contributed by atoms with E-state index in [2.05, 4.69) is 31.8 Å². The van der Waals surface area contributed by atoms with Gasteiger partial charge in [0.1, 0.15) is 0 Å². The SMILES string of the molecule is O=C(CNc1ccc(Cl)cc1Br)NN=Cc1ccc(Cl)cc1. The van der Waals surface area contributed by atoms with Gasteiger partial charge in [-0.05, 0) is 51.8 Å². The Morgan fingerprint density at radius 2 is 1.82 bits per heavy atom. The Kier molecular flexibility index (Phi) is 6.24. The van der Waals surface area contributed by atoms with Gasteiger partial charge in [0.15, 0.2) is 0 Å². The predicted molar refractivity (Wildman–Crippen MR) is 94.8 cm³/mol. The number of hydrogen-bond donors (Lipinski definition) is 2. The van der Waals surface area contributed by atoms with Crippen LogP contribution >= 0.6 is 39.1 Å². The fraction of sp³-hybridized carbons (Fsp3) is 0.0667. The van der Waals surface area contributed by atoms with Gasteiger partial charge < -0.3 is 5.32 Å². The molecule has 0 saturated heterocycles. The molecule has 0 bridgehead atoms. The maximum absolute atomic E-state index is 11.7. The Balaban J connectivity index is 1.81. The Morgan fingerprint density at radius 1 is 1.14 bits per heavy atom. The quantitative estimate of drug-likeness (QED) is 0.580. The Hall–Kier alpha value is -1.56. The van der Waals surface area contributed by atoms with Gasteiger partial charge in [-0.15, -0.1) is 0 Å². The normalized spacial score (nSPS) is 10.7. The van der Waals surface area contributed by atoms with Crippen molar-refractivity contribution in [3.05, 3.63) is 62.5 Å². The molecule has 4 nitrogen and oxygen atoms in total. The Bertz CT molecular complexity index is 690. The van der Waals surface area contributed by atoms with Gasteiger partial charge in [0.2, 0.25) is 0 Å². The second-order valence-corrected chi connectivity index (χ2v) is 6.05. The van der Waals surface area contributed by atoms with Crippen molar-refractivity contribution in [1.29, 1.82) is 0 Å². The van der Waals surface area contributed by atoms with Crippen LogP contribution < -0.4 is 10.7 Å². The first-order chi connectivity index (χ1) is 10.5. The van der Waals surface area contributed by atoms with Crippen LogP contribution in [0.25, 0.3) is 0 Å². The van der Waals surface area contributed by atoms with Crippen LogP contribution in [0.3, 0.4) is 0 Å². The second-order valence-electron chi connectivity index (χ2n) is 4.32. The molecule has 0 saturated carbocycles. The van der Waals surface area contributed by atoms with Crippen LogP contribution in [-0.4, -0.2) is 18.7 Å². The smallest absolute Gasteiger partial charge is 0.259 e. The summed E-state index contributed by atoms with van der Waals surface area (Å²) in [6.07, 6.45) is 1.55. The summed E-state index contributed by atoms with van der Waals surface area (Å²) < 4.78 is 0.789. The van der Waals surface area contributed by atoms with Gasteiger partial charge >= 0.3 is 0 Å². The zero-order valence-corrected chi connectivity index (χ0v) is 14.4. The zero-order chi connectivity index (χ0) is 15.9. The summed E-state index contributed by atoms with van der Waals surface area (Å²) in [6, 6.07) is 12.4. The first-order valence-electron chi connectivity index (χ1n) is 6.31. The second kappa shape index (κ2) is 8.17. The van der Waals surface area contributed by atoms with E-state index < -0.39 is 0 Å². The minimum Gasteiger partial charge on any atom is -0.375 e. The highest BCUT2D eigenvalue weighted by atomic mass is 79.9. The molecule has 0 aliphatic heterocycles. The molecule has 7 heteroatoms. The van der Waals surface area contributed by atoms with Crippen LogP contribution in [0.5, 0.6) is 0 Å². The summed E-state index contributed by atoms with van der Waals surface area (Å²) in [6.45, 7) is 0.0954. The number of benzene rings is 2. The lowest BCUT2D eigenvalue weighted by atomic mass is 10.2. The third-order valence-corrected chi connectivity index (χ3v) is 3.79. The van der Waals surface area contributed by atoms with E-state index >= 15 is 0 Å². The molecule has 2 N–H and O–H groups in total. The minimum atomic E-state index is -0.257. The maximum atomic E-state index is 11.7. The lowest BCUT2D eigenvalue weighted by molar-refractivity contribution is -0.119. The van der Waals surface area contributed by atoms with Crippen molar-refractivity contribution in [3.63, 3.8) is 0 Å². The lowest BCUT2D eigenvalue weighted by Crippen LogP contribution is -2.25. The van der Waals surface area contributed by atoms with Crippen molar-refractivity contribution in [2.75, 3.05) is 11.9 Å². The molecule has 0 atom stereocenters. The number of carbonyl (C=O) groups is 1. The Morgan fingerprint density at radius 3 is 2.50 bits per heavy atom. The molecule has 0 radical (unpaired) electrons. The summed E-state index contributed by atoms with van der Waals surface area (Å²) >= 11 is 15.0. The van der Waals surface area contributed by atoms with Crippen molar-refractivity contribution in [1.82, 2.24) is 5.43 Å². The van der Waals surface area contributed by atoms with Gasteiger partial charge in [0, 0.05) is 20.2 Å². The topological polar surface area (TPSA) is 53.5 Å². The molecule has 0 fully saturated rings. The number of halogens is 3. The molecular formula is C15H12BrCl2N3O. The van der Waals surface area contributed by atoms with Crippen molar-refractivity contribution < 1.29 is 4.79 Å². The standard InChI is InChI=1S/C15H12BrCl2N3O/c16-13-7-12(18)5-6-14(13)19-9-15(22)21-20-8-10-1-3-11(17)4-2-10/h1-8,19H,9H2,(H,21,22). The van der Waals surface area contributed by atoms with E-state index in [4.69, 9.17) is 23.2 Å². The average Bonchev–Trinajstić information content (AvgIpc) is 2.48. The number of hydrogen-bond acceptors (Lipinski definition) is 3. The van der Waals surface area contributed by atoms with E-state index in [1.54, 1.807) is 48.7 Å². The van der Waals surface area contributed by atoms with Gasteiger partial charge in [-0.2, -0.15) is 5.10 Å². The molecule has 0 aliphatic rings.